The van der Waals surface area contributed by atoms with Crippen molar-refractivity contribution in [2.24, 2.45) is 0 Å². The fourth-order valence-electron chi connectivity index (χ4n) is 1.13. The smallest absolute Gasteiger partial charge is 0.150 e. The van der Waals surface area contributed by atoms with Crippen LogP contribution in [0.3, 0.4) is 0 Å². The quantitative estimate of drug-likeness (QED) is 0.673. The molecule has 0 aliphatic carbocycles. The number of benzene rings is 1. The lowest BCUT2D eigenvalue weighted by Crippen LogP contribution is -1.98. The van der Waals surface area contributed by atoms with Crippen LogP contribution in [0, 0.1) is 12.7 Å². The topological polar surface area (TPSA) is 26.0 Å². The molecular formula is C9H11ClFN. The van der Waals surface area contributed by atoms with Crippen LogP contribution in [-0.2, 0) is 6.42 Å². The highest BCUT2D eigenvalue weighted by Gasteiger charge is 2.10. The fourth-order valence-corrected chi connectivity index (χ4v) is 1.26. The van der Waals surface area contributed by atoms with E-state index in [1.54, 1.807) is 6.07 Å². The third kappa shape index (κ3) is 1.39. The molecule has 0 aliphatic heterocycles. The molecule has 0 atom stereocenters. The van der Waals surface area contributed by atoms with Crippen molar-refractivity contribution in [3.63, 3.8) is 0 Å². The summed E-state index contributed by atoms with van der Waals surface area (Å²) >= 11 is 5.75. The zero-order valence-corrected chi connectivity index (χ0v) is 7.87. The summed E-state index contributed by atoms with van der Waals surface area (Å²) in [5, 5.41) is 0.324. The first kappa shape index (κ1) is 9.33. The molecule has 1 rings (SSSR count). The number of aryl methyl sites for hydroxylation is 2. The van der Waals surface area contributed by atoms with E-state index in [-0.39, 0.29) is 11.5 Å². The van der Waals surface area contributed by atoms with Crippen LogP contribution in [0.5, 0.6) is 0 Å². The SMILES string of the molecule is CCc1cc(C)c(Cl)c(N)c1F. The second-order valence-electron chi connectivity index (χ2n) is 2.75. The molecule has 0 saturated heterocycles. The summed E-state index contributed by atoms with van der Waals surface area (Å²) in [6.45, 7) is 3.70. The van der Waals surface area contributed by atoms with Crippen molar-refractivity contribution >= 4 is 17.3 Å². The lowest BCUT2D eigenvalue weighted by Gasteiger charge is -2.07. The Morgan fingerprint density at radius 3 is 2.67 bits per heavy atom. The first-order valence-electron chi connectivity index (χ1n) is 3.80. The van der Waals surface area contributed by atoms with Crippen LogP contribution < -0.4 is 5.73 Å². The number of nitrogens with two attached hydrogens (primary N) is 1. The summed E-state index contributed by atoms with van der Waals surface area (Å²) in [4.78, 5) is 0. The third-order valence-corrected chi connectivity index (χ3v) is 2.37. The third-order valence-electron chi connectivity index (χ3n) is 1.87. The Hall–Kier alpha value is -0.760. The standard InChI is InChI=1S/C9H11ClFN/c1-3-6-4-5(2)7(10)9(12)8(6)11/h4H,3,12H2,1-2H3. The maximum atomic E-state index is 13.2. The van der Waals surface area contributed by atoms with Crippen LogP contribution >= 0.6 is 11.6 Å². The highest BCUT2D eigenvalue weighted by atomic mass is 35.5. The monoisotopic (exact) mass is 187 g/mol. The van der Waals surface area contributed by atoms with E-state index in [1.165, 1.54) is 0 Å². The average molecular weight is 188 g/mol. The number of nitrogen functional groups attached to an aromatic ring is 1. The lowest BCUT2D eigenvalue weighted by atomic mass is 10.1. The van der Waals surface area contributed by atoms with Crippen molar-refractivity contribution in [1.82, 2.24) is 0 Å². The van der Waals surface area contributed by atoms with Crippen LogP contribution in [0.15, 0.2) is 6.07 Å². The van der Waals surface area contributed by atoms with Crippen LogP contribution in [0.1, 0.15) is 18.1 Å². The summed E-state index contributed by atoms with van der Waals surface area (Å²) in [6, 6.07) is 1.73. The molecule has 0 heterocycles. The van der Waals surface area contributed by atoms with Gasteiger partial charge in [0.25, 0.3) is 0 Å². The molecule has 0 bridgehead atoms. The van der Waals surface area contributed by atoms with Gasteiger partial charge in [0, 0.05) is 0 Å². The molecule has 0 aromatic heterocycles. The Labute approximate surface area is 76.3 Å². The Balaban J connectivity index is 3.39. The normalized spacial score (nSPS) is 10.3. The molecule has 66 valence electrons. The van der Waals surface area contributed by atoms with Gasteiger partial charge in [-0.05, 0) is 24.5 Å². The number of anilines is 1. The minimum Gasteiger partial charge on any atom is -0.395 e. The van der Waals surface area contributed by atoms with Crippen molar-refractivity contribution in [1.29, 1.82) is 0 Å². The summed E-state index contributed by atoms with van der Waals surface area (Å²) < 4.78 is 13.2. The first-order valence-corrected chi connectivity index (χ1v) is 4.18. The van der Waals surface area contributed by atoms with Gasteiger partial charge >= 0.3 is 0 Å². The maximum Gasteiger partial charge on any atom is 0.150 e. The van der Waals surface area contributed by atoms with E-state index in [9.17, 15) is 4.39 Å². The molecule has 0 aliphatic rings. The molecular weight excluding hydrogens is 177 g/mol. The number of rotatable bonds is 1. The summed E-state index contributed by atoms with van der Waals surface area (Å²) in [5.41, 5.74) is 6.96. The minimum absolute atomic E-state index is 0.0634. The fraction of sp³-hybridized carbons (Fsp3) is 0.333. The first-order chi connectivity index (χ1) is 5.57. The molecule has 0 spiro atoms. The van der Waals surface area contributed by atoms with Crippen molar-refractivity contribution in [2.45, 2.75) is 20.3 Å². The second kappa shape index (κ2) is 3.31. The molecule has 0 fully saturated rings. The molecule has 1 aromatic carbocycles. The van der Waals surface area contributed by atoms with E-state index in [4.69, 9.17) is 17.3 Å². The van der Waals surface area contributed by atoms with Crippen LogP contribution in [-0.4, -0.2) is 0 Å². The highest BCUT2D eigenvalue weighted by Crippen LogP contribution is 2.28. The van der Waals surface area contributed by atoms with E-state index in [1.807, 2.05) is 13.8 Å². The van der Waals surface area contributed by atoms with Crippen molar-refractivity contribution in [3.05, 3.63) is 28.0 Å². The Bertz CT molecular complexity index is 310. The van der Waals surface area contributed by atoms with Gasteiger partial charge in [-0.2, -0.15) is 0 Å². The van der Waals surface area contributed by atoms with Gasteiger partial charge in [0.2, 0.25) is 0 Å². The highest BCUT2D eigenvalue weighted by molar-refractivity contribution is 6.33. The van der Waals surface area contributed by atoms with Gasteiger partial charge in [0.05, 0.1) is 10.7 Å². The maximum absolute atomic E-state index is 13.2. The van der Waals surface area contributed by atoms with Crippen molar-refractivity contribution < 1.29 is 4.39 Å². The van der Waals surface area contributed by atoms with E-state index in [2.05, 4.69) is 0 Å². The molecule has 0 saturated carbocycles. The molecule has 0 radical (unpaired) electrons. The van der Waals surface area contributed by atoms with Crippen LogP contribution in [0.2, 0.25) is 5.02 Å². The van der Waals surface area contributed by atoms with Gasteiger partial charge in [0.15, 0.2) is 5.82 Å². The summed E-state index contributed by atoms with van der Waals surface area (Å²) in [6.07, 6.45) is 0.633. The predicted octanol–water partition coefficient (Wildman–Crippen LogP) is 2.93. The van der Waals surface area contributed by atoms with E-state index >= 15 is 0 Å². The predicted molar refractivity (Wildman–Crippen MR) is 49.9 cm³/mol. The van der Waals surface area contributed by atoms with Crippen molar-refractivity contribution in [2.75, 3.05) is 5.73 Å². The molecule has 2 N–H and O–H groups in total. The molecule has 1 aromatic rings. The van der Waals surface area contributed by atoms with E-state index < -0.39 is 0 Å². The van der Waals surface area contributed by atoms with Crippen LogP contribution in [0.25, 0.3) is 0 Å². The van der Waals surface area contributed by atoms with Gasteiger partial charge in [-0.1, -0.05) is 24.6 Å². The number of halogens is 2. The summed E-state index contributed by atoms with van der Waals surface area (Å²) in [5.74, 6) is -0.381. The molecule has 1 nitrogen and oxygen atoms in total. The Morgan fingerprint density at radius 1 is 1.58 bits per heavy atom. The second-order valence-corrected chi connectivity index (χ2v) is 3.13. The Morgan fingerprint density at radius 2 is 2.17 bits per heavy atom. The largest absolute Gasteiger partial charge is 0.395 e. The van der Waals surface area contributed by atoms with E-state index in [0.717, 1.165) is 5.56 Å². The molecule has 12 heavy (non-hydrogen) atoms. The Kier molecular flexibility index (Phi) is 2.58. The van der Waals surface area contributed by atoms with Gasteiger partial charge in [-0.3, -0.25) is 0 Å². The summed E-state index contributed by atoms with van der Waals surface area (Å²) in [7, 11) is 0. The van der Waals surface area contributed by atoms with E-state index in [0.29, 0.717) is 17.0 Å². The molecule has 0 amide bonds. The number of hydrogen-bond acceptors (Lipinski definition) is 1. The van der Waals surface area contributed by atoms with Gasteiger partial charge < -0.3 is 5.73 Å². The van der Waals surface area contributed by atoms with Crippen LogP contribution in [0.4, 0.5) is 10.1 Å². The average Bonchev–Trinajstić information content (AvgIpc) is 2.08. The molecule has 3 heteroatoms. The van der Waals surface area contributed by atoms with Gasteiger partial charge in [0.1, 0.15) is 0 Å². The zero-order chi connectivity index (χ0) is 9.30. The van der Waals surface area contributed by atoms with Gasteiger partial charge in [-0.15, -0.1) is 0 Å². The number of hydrogen-bond donors (Lipinski definition) is 1. The molecule has 0 unspecified atom stereocenters. The van der Waals surface area contributed by atoms with Gasteiger partial charge in [-0.25, -0.2) is 4.39 Å². The minimum atomic E-state index is -0.381. The zero-order valence-electron chi connectivity index (χ0n) is 7.12. The lowest BCUT2D eigenvalue weighted by molar-refractivity contribution is 0.616. The van der Waals surface area contributed by atoms with Crippen molar-refractivity contribution in [3.8, 4) is 0 Å².